The highest BCUT2D eigenvalue weighted by atomic mass is 32.2. The molecule has 2 saturated heterocycles. The minimum atomic E-state index is 0.283. The van der Waals surface area contributed by atoms with E-state index in [1.165, 1.54) is 25.7 Å². The first-order valence-electron chi connectivity index (χ1n) is 6.49. The first-order valence-corrected chi connectivity index (χ1v) is 7.54. The summed E-state index contributed by atoms with van der Waals surface area (Å²) >= 11 is 2.10. The number of fused-ring (bicyclic) bond motifs is 1. The number of nitrogens with zero attached hydrogens (tertiary/aromatic N) is 1. The van der Waals surface area contributed by atoms with Crippen LogP contribution in [0.3, 0.4) is 0 Å². The molecule has 1 amide bonds. The molecule has 2 heterocycles. The lowest BCUT2D eigenvalue weighted by atomic mass is 9.91. The average Bonchev–Trinajstić information content (AvgIpc) is 2.26. The lowest BCUT2D eigenvalue weighted by Gasteiger charge is -2.45. The fraction of sp³-hybridized carbons (Fsp3) is 0.917. The van der Waals surface area contributed by atoms with Crippen molar-refractivity contribution in [3.8, 4) is 0 Å². The maximum absolute atomic E-state index is 12.3. The van der Waals surface area contributed by atoms with Crippen molar-refractivity contribution in [2.24, 2.45) is 5.92 Å². The molecule has 0 aromatic rings. The second kappa shape index (κ2) is 4.57. The lowest BCUT2D eigenvalue weighted by Crippen LogP contribution is -2.58. The Hall–Kier alpha value is -0.220. The number of nitrogens with one attached hydrogen (secondary N) is 1. The van der Waals surface area contributed by atoms with Crippen molar-refractivity contribution in [1.82, 2.24) is 10.2 Å². The third-order valence-corrected chi connectivity index (χ3v) is 5.54. The van der Waals surface area contributed by atoms with Crippen LogP contribution < -0.4 is 5.32 Å². The highest BCUT2D eigenvalue weighted by Gasteiger charge is 2.39. The van der Waals surface area contributed by atoms with Crippen LogP contribution in [0.1, 0.15) is 25.7 Å². The Labute approximate surface area is 101 Å². The summed E-state index contributed by atoms with van der Waals surface area (Å²) in [6.07, 6.45) is 5.24. The van der Waals surface area contributed by atoms with E-state index in [9.17, 15) is 4.79 Å². The van der Waals surface area contributed by atoms with Crippen LogP contribution in [-0.4, -0.2) is 47.5 Å². The van der Waals surface area contributed by atoms with Gasteiger partial charge in [-0.3, -0.25) is 4.79 Å². The van der Waals surface area contributed by atoms with Gasteiger partial charge < -0.3 is 10.2 Å². The molecule has 2 aliphatic heterocycles. The van der Waals surface area contributed by atoms with Gasteiger partial charge in [-0.25, -0.2) is 0 Å². The van der Waals surface area contributed by atoms with Crippen LogP contribution in [0.15, 0.2) is 0 Å². The van der Waals surface area contributed by atoms with Gasteiger partial charge in [-0.15, -0.1) is 0 Å². The van der Waals surface area contributed by atoms with E-state index < -0.39 is 0 Å². The third-order valence-electron chi connectivity index (χ3n) is 4.15. The van der Waals surface area contributed by atoms with Gasteiger partial charge in [0.05, 0.1) is 5.92 Å². The molecule has 1 N–H and O–H groups in total. The quantitative estimate of drug-likeness (QED) is 0.745. The van der Waals surface area contributed by atoms with E-state index in [1.54, 1.807) is 0 Å². The van der Waals surface area contributed by atoms with Gasteiger partial charge in [0.25, 0.3) is 0 Å². The zero-order chi connectivity index (χ0) is 11.0. The van der Waals surface area contributed by atoms with Crippen molar-refractivity contribution in [2.75, 3.05) is 25.4 Å². The zero-order valence-corrected chi connectivity index (χ0v) is 10.5. The Morgan fingerprint density at radius 2 is 2.06 bits per heavy atom. The molecular weight excluding hydrogens is 220 g/mol. The Bertz CT molecular complexity index is 278. The maximum atomic E-state index is 12.3. The van der Waals surface area contributed by atoms with Crippen molar-refractivity contribution < 1.29 is 4.79 Å². The van der Waals surface area contributed by atoms with E-state index in [2.05, 4.69) is 22.0 Å². The molecular formula is C12H20N2OS. The minimum Gasteiger partial charge on any atom is -0.337 e. The summed E-state index contributed by atoms with van der Waals surface area (Å²) in [4.78, 5) is 14.5. The monoisotopic (exact) mass is 240 g/mol. The molecule has 0 spiro atoms. The van der Waals surface area contributed by atoms with Crippen molar-refractivity contribution in [2.45, 2.75) is 37.0 Å². The number of carbonyl (C=O) groups excluding carboxylic acids is 1. The van der Waals surface area contributed by atoms with Gasteiger partial charge in [-0.1, -0.05) is 12.8 Å². The molecule has 0 bridgehead atoms. The van der Waals surface area contributed by atoms with Gasteiger partial charge >= 0.3 is 0 Å². The Morgan fingerprint density at radius 3 is 2.81 bits per heavy atom. The molecule has 1 saturated carbocycles. The molecule has 3 fully saturated rings. The Morgan fingerprint density at radius 1 is 1.25 bits per heavy atom. The molecule has 3 aliphatic rings. The minimum absolute atomic E-state index is 0.283. The first kappa shape index (κ1) is 10.9. The van der Waals surface area contributed by atoms with E-state index in [-0.39, 0.29) is 5.92 Å². The summed E-state index contributed by atoms with van der Waals surface area (Å²) in [5, 5.41) is 3.94. The largest absolute Gasteiger partial charge is 0.337 e. The normalized spacial score (nSPS) is 35.4. The second-order valence-corrected chi connectivity index (χ2v) is 6.49. The standard InChI is InChI=1S/C12H20N2OS/c15-12(9-7-13-8-9)14-5-6-16-11-4-2-1-3-10(11)14/h9-11,13H,1-8H2. The van der Waals surface area contributed by atoms with Crippen molar-refractivity contribution >= 4 is 17.7 Å². The fourth-order valence-electron chi connectivity index (χ4n) is 3.07. The van der Waals surface area contributed by atoms with E-state index in [0.717, 1.165) is 30.6 Å². The van der Waals surface area contributed by atoms with E-state index in [1.807, 2.05) is 0 Å². The highest BCUT2D eigenvalue weighted by molar-refractivity contribution is 8.00. The molecule has 3 rings (SSSR count). The number of hydrogen-bond acceptors (Lipinski definition) is 3. The number of thioether (sulfide) groups is 1. The average molecular weight is 240 g/mol. The van der Waals surface area contributed by atoms with Crippen molar-refractivity contribution in [3.63, 3.8) is 0 Å². The van der Waals surface area contributed by atoms with E-state index in [4.69, 9.17) is 0 Å². The molecule has 0 aromatic heterocycles. The van der Waals surface area contributed by atoms with Gasteiger partial charge in [0.2, 0.25) is 5.91 Å². The summed E-state index contributed by atoms with van der Waals surface area (Å²) in [6, 6.07) is 0.556. The SMILES string of the molecule is O=C(C1CNC1)N1CCSC2CCCCC21. The van der Waals surface area contributed by atoms with Gasteiger partial charge in [-0.2, -0.15) is 11.8 Å². The van der Waals surface area contributed by atoms with Crippen LogP contribution in [0.5, 0.6) is 0 Å². The molecule has 2 atom stereocenters. The lowest BCUT2D eigenvalue weighted by molar-refractivity contribution is -0.140. The Balaban J connectivity index is 1.69. The predicted octanol–water partition coefficient (Wildman–Crippen LogP) is 1.09. The van der Waals surface area contributed by atoms with Crippen LogP contribution in [0.4, 0.5) is 0 Å². The number of hydrogen-bond donors (Lipinski definition) is 1. The number of rotatable bonds is 1. The highest BCUT2D eigenvalue weighted by Crippen LogP contribution is 2.36. The molecule has 0 radical (unpaired) electrons. The van der Waals surface area contributed by atoms with Crippen LogP contribution >= 0.6 is 11.8 Å². The number of carbonyl (C=O) groups is 1. The number of amides is 1. The Kier molecular flexibility index (Phi) is 3.11. The molecule has 2 unspecified atom stereocenters. The molecule has 1 aliphatic carbocycles. The fourth-order valence-corrected chi connectivity index (χ4v) is 4.51. The van der Waals surface area contributed by atoms with Crippen molar-refractivity contribution in [3.05, 3.63) is 0 Å². The van der Waals surface area contributed by atoms with Gasteiger partial charge in [0.1, 0.15) is 0 Å². The van der Waals surface area contributed by atoms with E-state index in [0.29, 0.717) is 11.9 Å². The molecule has 16 heavy (non-hydrogen) atoms. The molecule has 4 heteroatoms. The van der Waals surface area contributed by atoms with Crippen LogP contribution in [0.25, 0.3) is 0 Å². The van der Waals surface area contributed by atoms with Crippen LogP contribution in [0, 0.1) is 5.92 Å². The summed E-state index contributed by atoms with van der Waals surface area (Å²) in [5.41, 5.74) is 0. The summed E-state index contributed by atoms with van der Waals surface area (Å²) in [5.74, 6) is 1.86. The molecule has 3 nitrogen and oxygen atoms in total. The van der Waals surface area contributed by atoms with E-state index >= 15 is 0 Å². The third kappa shape index (κ3) is 1.86. The zero-order valence-electron chi connectivity index (χ0n) is 9.65. The van der Waals surface area contributed by atoms with Gasteiger partial charge in [0, 0.05) is 36.7 Å². The summed E-state index contributed by atoms with van der Waals surface area (Å²) in [7, 11) is 0. The molecule has 0 aromatic carbocycles. The summed E-state index contributed by atoms with van der Waals surface area (Å²) in [6.45, 7) is 2.79. The van der Waals surface area contributed by atoms with Gasteiger partial charge in [0.15, 0.2) is 0 Å². The molecule has 90 valence electrons. The summed E-state index contributed by atoms with van der Waals surface area (Å²) < 4.78 is 0. The van der Waals surface area contributed by atoms with Crippen LogP contribution in [-0.2, 0) is 4.79 Å². The maximum Gasteiger partial charge on any atom is 0.228 e. The smallest absolute Gasteiger partial charge is 0.228 e. The first-order chi connectivity index (χ1) is 7.86. The van der Waals surface area contributed by atoms with Crippen molar-refractivity contribution in [1.29, 1.82) is 0 Å². The van der Waals surface area contributed by atoms with Crippen LogP contribution in [0.2, 0.25) is 0 Å². The second-order valence-electron chi connectivity index (χ2n) is 5.15. The topological polar surface area (TPSA) is 32.3 Å². The van der Waals surface area contributed by atoms with Gasteiger partial charge in [-0.05, 0) is 12.8 Å². The predicted molar refractivity (Wildman–Crippen MR) is 66.6 cm³/mol.